The molecule has 0 bridgehead atoms. The Morgan fingerprint density at radius 1 is 1.38 bits per heavy atom. The first-order chi connectivity index (χ1) is 10.1. The number of nitrogens with two attached hydrogens (primary N) is 1. The quantitative estimate of drug-likeness (QED) is 0.875. The summed E-state index contributed by atoms with van der Waals surface area (Å²) < 4.78 is 13.6. The van der Waals surface area contributed by atoms with Gasteiger partial charge in [0.15, 0.2) is 0 Å². The number of hydrogen-bond donors (Lipinski definition) is 1. The molecule has 112 valence electrons. The molecule has 1 atom stereocenters. The van der Waals surface area contributed by atoms with Gasteiger partial charge in [-0.3, -0.25) is 0 Å². The fourth-order valence-corrected chi connectivity index (χ4v) is 3.41. The molecule has 21 heavy (non-hydrogen) atoms. The van der Waals surface area contributed by atoms with Crippen molar-refractivity contribution >= 4 is 17.0 Å². The SMILES string of the molecule is CC(N)Cc1cc(F)ccc1N(Cc1cccs1)C1CC1. The van der Waals surface area contributed by atoms with Gasteiger partial charge in [-0.15, -0.1) is 11.3 Å². The maximum atomic E-state index is 13.6. The molecular formula is C17H21FN2S. The average Bonchev–Trinajstić information content (AvgIpc) is 3.14. The van der Waals surface area contributed by atoms with Crippen molar-refractivity contribution in [2.45, 2.75) is 44.8 Å². The third-order valence-electron chi connectivity index (χ3n) is 3.79. The number of benzene rings is 1. The second-order valence-electron chi connectivity index (χ2n) is 5.89. The van der Waals surface area contributed by atoms with Crippen molar-refractivity contribution in [1.29, 1.82) is 0 Å². The van der Waals surface area contributed by atoms with E-state index in [0.29, 0.717) is 12.5 Å². The lowest BCUT2D eigenvalue weighted by molar-refractivity contribution is 0.621. The molecule has 0 amide bonds. The summed E-state index contributed by atoms with van der Waals surface area (Å²) in [6.45, 7) is 2.87. The number of halogens is 1. The molecule has 0 aliphatic heterocycles. The van der Waals surface area contributed by atoms with Gasteiger partial charge in [0.2, 0.25) is 0 Å². The van der Waals surface area contributed by atoms with Crippen molar-refractivity contribution in [2.75, 3.05) is 4.90 Å². The monoisotopic (exact) mass is 304 g/mol. The van der Waals surface area contributed by atoms with E-state index in [2.05, 4.69) is 22.4 Å². The molecule has 1 aromatic heterocycles. The van der Waals surface area contributed by atoms with Gasteiger partial charge in [0, 0.05) is 22.6 Å². The van der Waals surface area contributed by atoms with E-state index in [1.54, 1.807) is 23.5 Å². The van der Waals surface area contributed by atoms with Crippen molar-refractivity contribution in [2.24, 2.45) is 5.73 Å². The predicted octanol–water partition coefficient (Wildman–Crippen LogP) is 3.95. The Bertz CT molecular complexity index is 591. The summed E-state index contributed by atoms with van der Waals surface area (Å²) in [6, 6.07) is 9.98. The second-order valence-corrected chi connectivity index (χ2v) is 6.93. The first-order valence-corrected chi connectivity index (χ1v) is 8.34. The van der Waals surface area contributed by atoms with Crippen LogP contribution in [0.15, 0.2) is 35.7 Å². The van der Waals surface area contributed by atoms with Crippen molar-refractivity contribution in [3.05, 3.63) is 52.0 Å². The van der Waals surface area contributed by atoms with Crippen molar-refractivity contribution in [1.82, 2.24) is 0 Å². The molecule has 2 aromatic rings. The van der Waals surface area contributed by atoms with Crippen molar-refractivity contribution in [3.8, 4) is 0 Å². The van der Waals surface area contributed by atoms with Gasteiger partial charge in [-0.25, -0.2) is 4.39 Å². The Morgan fingerprint density at radius 2 is 2.19 bits per heavy atom. The minimum atomic E-state index is -0.179. The molecule has 0 saturated heterocycles. The van der Waals surface area contributed by atoms with Gasteiger partial charge in [0.25, 0.3) is 0 Å². The van der Waals surface area contributed by atoms with E-state index in [4.69, 9.17) is 5.73 Å². The average molecular weight is 304 g/mol. The third-order valence-corrected chi connectivity index (χ3v) is 4.65. The Hall–Kier alpha value is -1.39. The molecule has 1 aliphatic carbocycles. The van der Waals surface area contributed by atoms with Gasteiger partial charge in [0.05, 0.1) is 6.54 Å². The zero-order valence-corrected chi connectivity index (χ0v) is 13.1. The van der Waals surface area contributed by atoms with Crippen LogP contribution in [0.25, 0.3) is 0 Å². The standard InChI is InChI=1S/C17H21FN2S/c1-12(19)9-13-10-14(18)4-7-17(13)20(15-5-6-15)11-16-3-2-8-21-16/h2-4,7-8,10,12,15H,5-6,9,11,19H2,1H3. The summed E-state index contributed by atoms with van der Waals surface area (Å²) in [6.07, 6.45) is 3.15. The first kappa shape index (κ1) is 14.5. The molecule has 4 heteroatoms. The Morgan fingerprint density at radius 3 is 2.81 bits per heavy atom. The Balaban J connectivity index is 1.91. The highest BCUT2D eigenvalue weighted by atomic mass is 32.1. The van der Waals surface area contributed by atoms with Gasteiger partial charge in [-0.05, 0) is 61.4 Å². The van der Waals surface area contributed by atoms with E-state index in [1.807, 2.05) is 13.0 Å². The zero-order valence-electron chi connectivity index (χ0n) is 12.3. The summed E-state index contributed by atoms with van der Waals surface area (Å²) in [4.78, 5) is 3.76. The van der Waals surface area contributed by atoms with Crippen molar-refractivity contribution in [3.63, 3.8) is 0 Å². The van der Waals surface area contributed by atoms with Crippen LogP contribution < -0.4 is 10.6 Å². The largest absolute Gasteiger partial charge is 0.363 e. The fraction of sp³-hybridized carbons (Fsp3) is 0.412. The minimum Gasteiger partial charge on any atom is -0.363 e. The summed E-state index contributed by atoms with van der Waals surface area (Å²) in [7, 11) is 0. The molecule has 1 heterocycles. The number of anilines is 1. The van der Waals surface area contributed by atoms with Gasteiger partial charge in [-0.1, -0.05) is 6.07 Å². The van der Waals surface area contributed by atoms with Gasteiger partial charge in [-0.2, -0.15) is 0 Å². The third kappa shape index (κ3) is 3.63. The maximum Gasteiger partial charge on any atom is 0.123 e. The van der Waals surface area contributed by atoms with Gasteiger partial charge in [0.1, 0.15) is 5.82 Å². The summed E-state index contributed by atoms with van der Waals surface area (Å²) in [5.74, 6) is -0.179. The Labute approximate surface area is 129 Å². The van der Waals surface area contributed by atoms with E-state index < -0.39 is 0 Å². The molecular weight excluding hydrogens is 283 g/mol. The molecule has 3 rings (SSSR count). The summed E-state index contributed by atoms with van der Waals surface area (Å²) >= 11 is 1.77. The number of nitrogens with zero attached hydrogens (tertiary/aromatic N) is 1. The lowest BCUT2D eigenvalue weighted by Gasteiger charge is -2.27. The van der Waals surface area contributed by atoms with Crippen LogP contribution in [-0.4, -0.2) is 12.1 Å². The highest BCUT2D eigenvalue weighted by molar-refractivity contribution is 7.09. The molecule has 0 spiro atoms. The summed E-state index contributed by atoms with van der Waals surface area (Å²) in [5, 5.41) is 2.11. The van der Waals surface area contributed by atoms with E-state index in [9.17, 15) is 4.39 Å². The molecule has 1 aliphatic rings. The molecule has 0 radical (unpaired) electrons. The molecule has 1 saturated carbocycles. The van der Waals surface area contributed by atoms with Crippen molar-refractivity contribution < 1.29 is 4.39 Å². The van der Waals surface area contributed by atoms with Gasteiger partial charge < -0.3 is 10.6 Å². The molecule has 1 fully saturated rings. The van der Waals surface area contributed by atoms with Crippen LogP contribution in [0.3, 0.4) is 0 Å². The zero-order chi connectivity index (χ0) is 14.8. The van der Waals surface area contributed by atoms with Gasteiger partial charge >= 0.3 is 0 Å². The van der Waals surface area contributed by atoms with Crippen LogP contribution in [-0.2, 0) is 13.0 Å². The first-order valence-electron chi connectivity index (χ1n) is 7.46. The molecule has 2 N–H and O–H groups in total. The smallest absolute Gasteiger partial charge is 0.123 e. The molecule has 1 unspecified atom stereocenters. The van der Waals surface area contributed by atoms with E-state index in [-0.39, 0.29) is 11.9 Å². The van der Waals surface area contributed by atoms with E-state index in [0.717, 1.165) is 17.8 Å². The fourth-order valence-electron chi connectivity index (χ4n) is 2.71. The molecule has 1 aromatic carbocycles. The highest BCUT2D eigenvalue weighted by Gasteiger charge is 2.30. The topological polar surface area (TPSA) is 29.3 Å². The molecule has 2 nitrogen and oxygen atoms in total. The highest BCUT2D eigenvalue weighted by Crippen LogP contribution is 2.36. The van der Waals surface area contributed by atoms with Crippen LogP contribution in [0, 0.1) is 5.82 Å². The second kappa shape index (κ2) is 6.16. The lowest BCUT2D eigenvalue weighted by Crippen LogP contribution is -2.27. The number of rotatable bonds is 6. The maximum absolute atomic E-state index is 13.6. The van der Waals surface area contributed by atoms with Crippen LogP contribution in [0.4, 0.5) is 10.1 Å². The van der Waals surface area contributed by atoms with E-state index >= 15 is 0 Å². The van der Waals surface area contributed by atoms with Crippen LogP contribution in [0.1, 0.15) is 30.2 Å². The number of hydrogen-bond acceptors (Lipinski definition) is 3. The summed E-state index contributed by atoms with van der Waals surface area (Å²) in [5.41, 5.74) is 8.10. The van der Waals surface area contributed by atoms with Crippen LogP contribution >= 0.6 is 11.3 Å². The number of thiophene rings is 1. The van der Waals surface area contributed by atoms with Crippen LogP contribution in [0.2, 0.25) is 0 Å². The predicted molar refractivity (Wildman–Crippen MR) is 87.3 cm³/mol. The normalized spacial score (nSPS) is 16.0. The van der Waals surface area contributed by atoms with Crippen LogP contribution in [0.5, 0.6) is 0 Å². The minimum absolute atomic E-state index is 0.0355. The van der Waals surface area contributed by atoms with E-state index in [1.165, 1.54) is 17.7 Å². The lowest BCUT2D eigenvalue weighted by atomic mass is 10.0. The Kier molecular flexibility index (Phi) is 4.27.